The van der Waals surface area contributed by atoms with Gasteiger partial charge in [0.15, 0.2) is 11.5 Å². The molecule has 0 unspecified atom stereocenters. The molecule has 0 radical (unpaired) electrons. The highest BCUT2D eigenvalue weighted by atomic mass is 16.6. The molecule has 6 nitrogen and oxygen atoms in total. The molecule has 0 aliphatic carbocycles. The smallest absolute Gasteiger partial charge is 0.273 e. The number of hydrogen-bond donors (Lipinski definition) is 0. The van der Waals surface area contributed by atoms with Crippen molar-refractivity contribution >= 4 is 5.69 Å². The number of benzene rings is 1. The molecule has 1 heterocycles. The van der Waals surface area contributed by atoms with Crippen LogP contribution in [0.5, 0.6) is 11.5 Å². The summed E-state index contributed by atoms with van der Waals surface area (Å²) in [5, 5.41) is 10.8. The van der Waals surface area contributed by atoms with Gasteiger partial charge in [-0.2, -0.15) is 0 Å². The fourth-order valence-corrected chi connectivity index (χ4v) is 2.51. The zero-order valence-corrected chi connectivity index (χ0v) is 11.9. The molecule has 0 spiro atoms. The molecule has 20 heavy (non-hydrogen) atoms. The van der Waals surface area contributed by atoms with Crippen LogP contribution < -0.4 is 9.47 Å². The minimum atomic E-state index is -0.430. The quantitative estimate of drug-likeness (QED) is 0.611. The average molecular weight is 280 g/mol. The topological polar surface area (TPSA) is 64.8 Å². The predicted molar refractivity (Wildman–Crippen MR) is 75.4 cm³/mol. The molecule has 0 saturated carbocycles. The standard InChI is InChI=1S/C14H20N2O4/c1-15-7-3-4-11(9-15)10-20-14-8-12(16(17)18)5-6-13(14)19-2/h5-6,8,11H,3-4,7,9-10H2,1-2H3/t11-/m0/s1. The summed E-state index contributed by atoms with van der Waals surface area (Å²) in [6, 6.07) is 4.41. The van der Waals surface area contributed by atoms with E-state index in [4.69, 9.17) is 9.47 Å². The van der Waals surface area contributed by atoms with Gasteiger partial charge < -0.3 is 14.4 Å². The first-order valence-electron chi connectivity index (χ1n) is 6.74. The van der Waals surface area contributed by atoms with Crippen molar-refractivity contribution < 1.29 is 14.4 Å². The second kappa shape index (κ2) is 6.56. The van der Waals surface area contributed by atoms with Gasteiger partial charge in [0.25, 0.3) is 5.69 Å². The lowest BCUT2D eigenvalue weighted by Gasteiger charge is -2.29. The summed E-state index contributed by atoms with van der Waals surface area (Å²) in [5.74, 6) is 1.42. The van der Waals surface area contributed by atoms with Crippen molar-refractivity contribution in [3.63, 3.8) is 0 Å². The molecule has 0 N–H and O–H groups in total. The Morgan fingerprint density at radius 1 is 1.45 bits per heavy atom. The van der Waals surface area contributed by atoms with E-state index in [9.17, 15) is 10.1 Å². The second-order valence-corrected chi connectivity index (χ2v) is 5.17. The molecule has 0 bridgehead atoms. The number of nitro benzene ring substituents is 1. The Kier molecular flexibility index (Phi) is 4.79. The number of rotatable bonds is 5. The van der Waals surface area contributed by atoms with E-state index in [0.717, 1.165) is 25.9 Å². The summed E-state index contributed by atoms with van der Waals surface area (Å²) in [7, 11) is 3.63. The van der Waals surface area contributed by atoms with Gasteiger partial charge in [-0.05, 0) is 32.5 Å². The summed E-state index contributed by atoms with van der Waals surface area (Å²) in [5.41, 5.74) is 0.0153. The number of likely N-dealkylation sites (tertiary alicyclic amines) is 1. The Balaban J connectivity index is 2.03. The fraction of sp³-hybridized carbons (Fsp3) is 0.571. The van der Waals surface area contributed by atoms with Gasteiger partial charge in [-0.3, -0.25) is 10.1 Å². The van der Waals surface area contributed by atoms with Gasteiger partial charge >= 0.3 is 0 Å². The highest BCUT2D eigenvalue weighted by molar-refractivity contribution is 5.48. The molecular weight excluding hydrogens is 260 g/mol. The first kappa shape index (κ1) is 14.6. The molecule has 1 saturated heterocycles. The van der Waals surface area contributed by atoms with Crippen LogP contribution in [-0.2, 0) is 0 Å². The van der Waals surface area contributed by atoms with Crippen LogP contribution in [0, 0.1) is 16.0 Å². The number of methoxy groups -OCH3 is 1. The van der Waals surface area contributed by atoms with E-state index >= 15 is 0 Å². The summed E-state index contributed by atoms with van der Waals surface area (Å²) in [6.45, 7) is 2.68. The molecule has 1 fully saturated rings. The van der Waals surface area contributed by atoms with Crippen molar-refractivity contribution in [2.24, 2.45) is 5.92 Å². The van der Waals surface area contributed by atoms with Crippen LogP contribution in [0.3, 0.4) is 0 Å². The van der Waals surface area contributed by atoms with Crippen molar-refractivity contribution in [2.45, 2.75) is 12.8 Å². The highest BCUT2D eigenvalue weighted by Crippen LogP contribution is 2.31. The maximum absolute atomic E-state index is 10.8. The van der Waals surface area contributed by atoms with E-state index in [0.29, 0.717) is 24.0 Å². The van der Waals surface area contributed by atoms with Gasteiger partial charge in [0.05, 0.1) is 24.7 Å². The summed E-state index contributed by atoms with van der Waals surface area (Å²) in [4.78, 5) is 12.7. The number of hydrogen-bond acceptors (Lipinski definition) is 5. The molecule has 1 aliphatic rings. The van der Waals surface area contributed by atoms with Crippen molar-refractivity contribution in [1.29, 1.82) is 0 Å². The average Bonchev–Trinajstić information content (AvgIpc) is 2.44. The number of nitro groups is 1. The lowest BCUT2D eigenvalue weighted by molar-refractivity contribution is -0.385. The van der Waals surface area contributed by atoms with E-state index in [-0.39, 0.29) is 5.69 Å². The highest BCUT2D eigenvalue weighted by Gasteiger charge is 2.19. The molecule has 0 amide bonds. The van der Waals surface area contributed by atoms with Gasteiger partial charge in [0.2, 0.25) is 0 Å². The maximum Gasteiger partial charge on any atom is 0.273 e. The zero-order valence-electron chi connectivity index (χ0n) is 11.9. The van der Waals surface area contributed by atoms with E-state index in [2.05, 4.69) is 11.9 Å². The third-order valence-electron chi connectivity index (χ3n) is 3.55. The Morgan fingerprint density at radius 3 is 2.90 bits per heavy atom. The Hall–Kier alpha value is -1.82. The van der Waals surface area contributed by atoms with E-state index < -0.39 is 4.92 Å². The number of piperidine rings is 1. The fourth-order valence-electron chi connectivity index (χ4n) is 2.51. The number of ether oxygens (including phenoxy) is 2. The first-order chi connectivity index (χ1) is 9.60. The third kappa shape index (κ3) is 3.60. The molecule has 110 valence electrons. The lowest BCUT2D eigenvalue weighted by Crippen LogP contribution is -2.34. The summed E-state index contributed by atoms with van der Waals surface area (Å²) < 4.78 is 10.9. The van der Waals surface area contributed by atoms with Crippen LogP contribution in [0.2, 0.25) is 0 Å². The zero-order chi connectivity index (χ0) is 14.5. The molecule has 6 heteroatoms. The normalized spacial score (nSPS) is 19.6. The van der Waals surface area contributed by atoms with Crippen LogP contribution in [0.1, 0.15) is 12.8 Å². The Morgan fingerprint density at radius 2 is 2.25 bits per heavy atom. The molecule has 0 aromatic heterocycles. The van der Waals surface area contributed by atoms with Crippen LogP contribution in [-0.4, -0.2) is 43.7 Å². The van der Waals surface area contributed by atoms with E-state index in [1.54, 1.807) is 6.07 Å². The SMILES string of the molecule is COc1ccc([N+](=O)[O-])cc1OC[C@H]1CCCN(C)C1. The minimum absolute atomic E-state index is 0.0153. The third-order valence-corrected chi connectivity index (χ3v) is 3.55. The largest absolute Gasteiger partial charge is 0.493 e. The maximum atomic E-state index is 10.8. The van der Waals surface area contributed by atoms with E-state index in [1.807, 2.05) is 0 Å². The van der Waals surface area contributed by atoms with Gasteiger partial charge in [0, 0.05) is 18.5 Å². The molecule has 1 aromatic rings. The second-order valence-electron chi connectivity index (χ2n) is 5.17. The molecular formula is C14H20N2O4. The Bertz CT molecular complexity index is 478. The van der Waals surface area contributed by atoms with Gasteiger partial charge in [-0.25, -0.2) is 0 Å². The van der Waals surface area contributed by atoms with Crippen molar-refractivity contribution in [3.8, 4) is 11.5 Å². The number of nitrogens with zero attached hydrogens (tertiary/aromatic N) is 2. The number of non-ortho nitro benzene ring substituents is 1. The lowest BCUT2D eigenvalue weighted by atomic mass is 10.00. The van der Waals surface area contributed by atoms with Gasteiger partial charge in [0.1, 0.15) is 0 Å². The van der Waals surface area contributed by atoms with E-state index in [1.165, 1.54) is 19.2 Å². The van der Waals surface area contributed by atoms with Gasteiger partial charge in [-0.1, -0.05) is 0 Å². The monoisotopic (exact) mass is 280 g/mol. The van der Waals surface area contributed by atoms with Gasteiger partial charge in [-0.15, -0.1) is 0 Å². The summed E-state index contributed by atoms with van der Waals surface area (Å²) in [6.07, 6.45) is 2.29. The molecule has 1 aromatic carbocycles. The molecule has 1 aliphatic heterocycles. The first-order valence-corrected chi connectivity index (χ1v) is 6.74. The predicted octanol–water partition coefficient (Wildman–Crippen LogP) is 2.32. The Labute approximate surface area is 118 Å². The molecule has 1 atom stereocenters. The van der Waals surface area contributed by atoms with Crippen LogP contribution in [0.15, 0.2) is 18.2 Å². The van der Waals surface area contributed by atoms with Crippen molar-refractivity contribution in [3.05, 3.63) is 28.3 Å². The van der Waals surface area contributed by atoms with Crippen LogP contribution in [0.25, 0.3) is 0 Å². The van der Waals surface area contributed by atoms with Crippen molar-refractivity contribution in [1.82, 2.24) is 4.90 Å². The molecule has 2 rings (SSSR count). The van der Waals surface area contributed by atoms with Crippen molar-refractivity contribution in [2.75, 3.05) is 33.9 Å². The van der Waals surface area contributed by atoms with Crippen LogP contribution in [0.4, 0.5) is 5.69 Å². The van der Waals surface area contributed by atoms with Crippen LogP contribution >= 0.6 is 0 Å². The summed E-state index contributed by atoms with van der Waals surface area (Å²) >= 11 is 0. The minimum Gasteiger partial charge on any atom is -0.493 e.